The Morgan fingerprint density at radius 2 is 2.04 bits per heavy atom. The van der Waals surface area contributed by atoms with E-state index in [0.717, 1.165) is 35.7 Å². The third-order valence-electron chi connectivity index (χ3n) is 3.50. The van der Waals surface area contributed by atoms with Gasteiger partial charge in [0.15, 0.2) is 0 Å². The second-order valence-corrected chi connectivity index (χ2v) is 4.98. The maximum atomic E-state index is 11.2. The molecule has 0 saturated heterocycles. The van der Waals surface area contributed by atoms with Crippen molar-refractivity contribution in [2.24, 2.45) is 0 Å². The normalized spacial score (nSPS) is 11.1. The Labute approximate surface area is 137 Å². The highest BCUT2D eigenvalue weighted by atomic mass is 16.4. The number of hydrogen-bond acceptors (Lipinski definition) is 5. The van der Waals surface area contributed by atoms with Crippen molar-refractivity contribution >= 4 is 22.7 Å². The van der Waals surface area contributed by atoms with E-state index < -0.39 is 0 Å². The molecule has 0 radical (unpaired) electrons. The van der Waals surface area contributed by atoms with Gasteiger partial charge in [0.2, 0.25) is 0 Å². The number of ether oxygens (including phenoxy) is 1. The van der Waals surface area contributed by atoms with Gasteiger partial charge in [-0.15, -0.1) is 0 Å². The molecule has 1 aromatic carbocycles. The summed E-state index contributed by atoms with van der Waals surface area (Å²) in [5.74, 6) is 0. The lowest BCUT2D eigenvalue weighted by Crippen LogP contribution is -2.35. The number of aromatic nitrogens is 1. The van der Waals surface area contributed by atoms with Gasteiger partial charge >= 0.3 is 0 Å². The first-order valence-electron chi connectivity index (χ1n) is 7.57. The van der Waals surface area contributed by atoms with Gasteiger partial charge in [0.05, 0.1) is 6.04 Å². The summed E-state index contributed by atoms with van der Waals surface area (Å²) in [5, 5.41) is 10.9. The largest absolute Gasteiger partial charge is 0.388 e. The van der Waals surface area contributed by atoms with Gasteiger partial charge in [0.1, 0.15) is 18.0 Å². The third-order valence-corrected chi connectivity index (χ3v) is 3.50. The Balaban J connectivity index is 0.000000816. The number of benzene rings is 1. The van der Waals surface area contributed by atoms with Gasteiger partial charge < -0.3 is 14.4 Å². The van der Waals surface area contributed by atoms with Crippen molar-refractivity contribution in [3.63, 3.8) is 0 Å². The molecular formula is C18H23N3O2. The molecule has 23 heavy (non-hydrogen) atoms. The van der Waals surface area contributed by atoms with Crippen LogP contribution in [0.3, 0.4) is 0 Å². The van der Waals surface area contributed by atoms with Crippen LogP contribution in [-0.2, 0) is 9.53 Å². The molecule has 0 aliphatic rings. The van der Waals surface area contributed by atoms with Gasteiger partial charge in [-0.1, -0.05) is 6.92 Å². The van der Waals surface area contributed by atoms with Gasteiger partial charge in [0, 0.05) is 38.0 Å². The summed E-state index contributed by atoms with van der Waals surface area (Å²) in [6.45, 7) is 4.79. The minimum Gasteiger partial charge on any atom is -0.388 e. The van der Waals surface area contributed by atoms with E-state index in [-0.39, 0.29) is 6.04 Å². The number of nitrogens with zero attached hydrogens (tertiary/aromatic N) is 3. The molecule has 0 spiro atoms. The predicted octanol–water partition coefficient (Wildman–Crippen LogP) is 3.17. The van der Waals surface area contributed by atoms with E-state index in [4.69, 9.17) is 5.26 Å². The fourth-order valence-corrected chi connectivity index (χ4v) is 2.43. The molecule has 2 rings (SSSR count). The Bertz CT molecular complexity index is 680. The van der Waals surface area contributed by atoms with Gasteiger partial charge in [0.25, 0.3) is 0 Å². The quantitative estimate of drug-likeness (QED) is 0.793. The second kappa shape index (κ2) is 9.54. The summed E-state index contributed by atoms with van der Waals surface area (Å²) in [6, 6.07) is 9.72. The molecule has 0 aliphatic carbocycles. The number of methoxy groups -OCH3 is 1. The number of fused-ring (bicyclic) bond motifs is 1. The molecule has 0 amide bonds. The topological polar surface area (TPSA) is 66.2 Å². The fourth-order valence-electron chi connectivity index (χ4n) is 2.43. The molecule has 0 N–H and O–H groups in total. The highest BCUT2D eigenvalue weighted by Crippen LogP contribution is 2.25. The maximum Gasteiger partial charge on any atom is 0.148 e. The first-order chi connectivity index (χ1) is 11.2. The molecule has 0 saturated carbocycles. The number of hydrogen-bond donors (Lipinski definition) is 0. The predicted molar refractivity (Wildman–Crippen MR) is 92.6 cm³/mol. The molecule has 1 heterocycles. The molecule has 0 aliphatic heterocycles. The van der Waals surface area contributed by atoms with E-state index in [0.29, 0.717) is 5.69 Å². The van der Waals surface area contributed by atoms with Crippen molar-refractivity contribution in [2.45, 2.75) is 26.3 Å². The van der Waals surface area contributed by atoms with Crippen LogP contribution in [0.5, 0.6) is 0 Å². The molecule has 5 nitrogen and oxygen atoms in total. The molecular weight excluding hydrogens is 290 g/mol. The number of aldehydes is 1. The van der Waals surface area contributed by atoms with E-state index in [1.807, 2.05) is 38.1 Å². The summed E-state index contributed by atoms with van der Waals surface area (Å²) in [7, 11) is 3.25. The standard InChI is InChI=1S/C16H17N3O.C2H6O/c1-3-13(11-20)19(4-2)14-5-6-15-12(9-14)7-8-18-16(15)10-17;1-3-2/h5-9,11,13H,3-4H2,1-2H3;1-2H3. The van der Waals surface area contributed by atoms with Gasteiger partial charge in [-0.25, -0.2) is 4.98 Å². The van der Waals surface area contributed by atoms with Crippen molar-refractivity contribution < 1.29 is 9.53 Å². The van der Waals surface area contributed by atoms with Crippen LogP contribution < -0.4 is 4.90 Å². The molecule has 2 aromatic rings. The van der Waals surface area contributed by atoms with Gasteiger partial charge in [-0.2, -0.15) is 5.26 Å². The molecule has 122 valence electrons. The lowest BCUT2D eigenvalue weighted by molar-refractivity contribution is -0.109. The summed E-state index contributed by atoms with van der Waals surface area (Å²) in [4.78, 5) is 17.3. The number of carbonyl (C=O) groups is 1. The van der Waals surface area contributed by atoms with Crippen LogP contribution in [0.25, 0.3) is 10.8 Å². The zero-order valence-electron chi connectivity index (χ0n) is 14.1. The second-order valence-electron chi connectivity index (χ2n) is 4.98. The number of likely N-dealkylation sites (N-methyl/N-ethyl adjacent to an activating group) is 1. The average Bonchev–Trinajstić information content (AvgIpc) is 2.59. The molecule has 5 heteroatoms. The van der Waals surface area contributed by atoms with Crippen molar-refractivity contribution in [3.05, 3.63) is 36.2 Å². The third kappa shape index (κ3) is 4.51. The van der Waals surface area contributed by atoms with E-state index in [1.165, 1.54) is 0 Å². The van der Waals surface area contributed by atoms with Crippen LogP contribution in [-0.4, -0.2) is 38.1 Å². The van der Waals surface area contributed by atoms with Crippen LogP contribution in [0.15, 0.2) is 30.5 Å². The average molecular weight is 313 g/mol. The summed E-state index contributed by atoms with van der Waals surface area (Å²) < 4.78 is 4.25. The van der Waals surface area contributed by atoms with Crippen molar-refractivity contribution in [1.29, 1.82) is 5.26 Å². The molecule has 1 atom stereocenters. The molecule has 1 unspecified atom stereocenters. The van der Waals surface area contributed by atoms with E-state index in [2.05, 4.69) is 20.7 Å². The molecule has 0 fully saturated rings. The monoisotopic (exact) mass is 313 g/mol. The highest BCUT2D eigenvalue weighted by molar-refractivity contribution is 5.89. The number of pyridine rings is 1. The zero-order valence-corrected chi connectivity index (χ0v) is 14.1. The van der Waals surface area contributed by atoms with Crippen LogP contribution in [0.2, 0.25) is 0 Å². The number of anilines is 1. The van der Waals surface area contributed by atoms with Gasteiger partial charge in [-0.3, -0.25) is 0 Å². The van der Waals surface area contributed by atoms with E-state index in [1.54, 1.807) is 20.4 Å². The first-order valence-corrected chi connectivity index (χ1v) is 7.57. The lowest BCUT2D eigenvalue weighted by Gasteiger charge is -2.28. The van der Waals surface area contributed by atoms with Crippen molar-refractivity contribution in [3.8, 4) is 6.07 Å². The SMILES string of the molecule is CCC(C=O)N(CC)c1ccc2c(C#N)nccc2c1.COC. The summed E-state index contributed by atoms with van der Waals surface area (Å²) >= 11 is 0. The maximum absolute atomic E-state index is 11.2. The lowest BCUT2D eigenvalue weighted by atomic mass is 10.1. The molecule has 0 bridgehead atoms. The Morgan fingerprint density at radius 3 is 2.57 bits per heavy atom. The van der Waals surface area contributed by atoms with E-state index in [9.17, 15) is 4.79 Å². The minimum absolute atomic E-state index is 0.116. The van der Waals surface area contributed by atoms with Crippen molar-refractivity contribution in [1.82, 2.24) is 4.98 Å². The highest BCUT2D eigenvalue weighted by Gasteiger charge is 2.15. The van der Waals surface area contributed by atoms with E-state index >= 15 is 0 Å². The number of carbonyl (C=O) groups excluding carboxylic acids is 1. The number of nitriles is 1. The van der Waals surface area contributed by atoms with Crippen LogP contribution in [0.1, 0.15) is 26.0 Å². The fraction of sp³-hybridized carbons (Fsp3) is 0.389. The Hall–Kier alpha value is -2.45. The molecule has 1 aromatic heterocycles. The number of rotatable bonds is 5. The minimum atomic E-state index is -0.116. The van der Waals surface area contributed by atoms with Gasteiger partial charge in [-0.05, 0) is 43.0 Å². The smallest absolute Gasteiger partial charge is 0.148 e. The summed E-state index contributed by atoms with van der Waals surface area (Å²) in [5.41, 5.74) is 1.42. The Morgan fingerprint density at radius 1 is 1.35 bits per heavy atom. The van der Waals surface area contributed by atoms with Crippen LogP contribution in [0.4, 0.5) is 5.69 Å². The zero-order chi connectivity index (χ0) is 17.2. The Kier molecular flexibility index (Phi) is 7.72. The van der Waals surface area contributed by atoms with Crippen molar-refractivity contribution in [2.75, 3.05) is 25.7 Å². The van der Waals surface area contributed by atoms with Crippen LogP contribution in [0, 0.1) is 11.3 Å². The van der Waals surface area contributed by atoms with Crippen LogP contribution >= 0.6 is 0 Å². The first kappa shape index (κ1) is 18.6. The summed E-state index contributed by atoms with van der Waals surface area (Å²) in [6.07, 6.45) is 3.40.